The summed E-state index contributed by atoms with van der Waals surface area (Å²) in [5.41, 5.74) is 6.15. The highest BCUT2D eigenvalue weighted by Gasteiger charge is 2.27. The summed E-state index contributed by atoms with van der Waals surface area (Å²) in [6.45, 7) is 6.13. The lowest BCUT2D eigenvalue weighted by molar-refractivity contribution is 0.305. The number of aryl methyl sites for hydroxylation is 1. The van der Waals surface area contributed by atoms with Crippen molar-refractivity contribution in [1.29, 1.82) is 0 Å². The molecule has 0 bridgehead atoms. The molecule has 0 aliphatic carbocycles. The minimum atomic E-state index is -0.308. The molecule has 94 valence electrons. The summed E-state index contributed by atoms with van der Waals surface area (Å²) in [6.07, 6.45) is 2.45. The minimum Gasteiger partial charge on any atom is -0.354 e. The van der Waals surface area contributed by atoms with Gasteiger partial charge in [-0.2, -0.15) is 0 Å². The van der Waals surface area contributed by atoms with Crippen LogP contribution in [-0.4, -0.2) is 29.6 Å². The zero-order valence-electron chi connectivity index (χ0n) is 10.4. The van der Waals surface area contributed by atoms with Crippen LogP contribution < -0.4 is 10.6 Å². The standard InChI is InChI=1S/C12H19FN4/c1-8-3-4-17(6-10(8)5-14)12-11(13)9(2)15-7-16-12/h7-8,10H,3-6,14H2,1-2H3. The van der Waals surface area contributed by atoms with E-state index in [9.17, 15) is 4.39 Å². The van der Waals surface area contributed by atoms with Crippen molar-refractivity contribution in [1.82, 2.24) is 9.97 Å². The maximum Gasteiger partial charge on any atom is 0.186 e. The maximum atomic E-state index is 13.9. The molecule has 0 amide bonds. The molecule has 0 radical (unpaired) electrons. The van der Waals surface area contributed by atoms with Crippen molar-refractivity contribution in [2.24, 2.45) is 17.6 Å². The van der Waals surface area contributed by atoms with Gasteiger partial charge in [0.1, 0.15) is 6.33 Å². The van der Waals surface area contributed by atoms with Gasteiger partial charge in [-0.1, -0.05) is 6.92 Å². The molecule has 1 aliphatic heterocycles. The van der Waals surface area contributed by atoms with Crippen molar-refractivity contribution in [3.05, 3.63) is 17.8 Å². The van der Waals surface area contributed by atoms with E-state index in [0.717, 1.165) is 19.5 Å². The van der Waals surface area contributed by atoms with Gasteiger partial charge in [0.05, 0.1) is 5.69 Å². The van der Waals surface area contributed by atoms with Gasteiger partial charge in [-0.25, -0.2) is 14.4 Å². The Morgan fingerprint density at radius 1 is 1.53 bits per heavy atom. The molecule has 5 heteroatoms. The highest BCUT2D eigenvalue weighted by Crippen LogP contribution is 2.27. The quantitative estimate of drug-likeness (QED) is 0.845. The number of halogens is 1. The second kappa shape index (κ2) is 4.96. The van der Waals surface area contributed by atoms with Crippen LogP contribution in [0.15, 0.2) is 6.33 Å². The van der Waals surface area contributed by atoms with Gasteiger partial charge in [0.15, 0.2) is 11.6 Å². The van der Waals surface area contributed by atoms with Gasteiger partial charge in [-0.3, -0.25) is 0 Å². The Morgan fingerprint density at radius 2 is 2.29 bits per heavy atom. The first-order valence-corrected chi connectivity index (χ1v) is 6.05. The van der Waals surface area contributed by atoms with Crippen LogP contribution in [0.2, 0.25) is 0 Å². The first kappa shape index (κ1) is 12.2. The zero-order chi connectivity index (χ0) is 12.4. The van der Waals surface area contributed by atoms with Crippen LogP contribution in [0.1, 0.15) is 19.0 Å². The number of aromatic nitrogens is 2. The summed E-state index contributed by atoms with van der Waals surface area (Å²) in [4.78, 5) is 9.89. The van der Waals surface area contributed by atoms with Crippen LogP contribution in [0.4, 0.5) is 10.2 Å². The molecular weight excluding hydrogens is 219 g/mol. The lowest BCUT2D eigenvalue weighted by atomic mass is 9.87. The van der Waals surface area contributed by atoms with Crippen LogP contribution in [0.5, 0.6) is 0 Å². The SMILES string of the molecule is Cc1ncnc(N2CCC(C)C(CN)C2)c1F. The monoisotopic (exact) mass is 238 g/mol. The fourth-order valence-electron chi connectivity index (χ4n) is 2.31. The number of piperidine rings is 1. The van der Waals surface area contributed by atoms with E-state index in [-0.39, 0.29) is 5.82 Å². The Labute approximate surface area is 101 Å². The maximum absolute atomic E-state index is 13.9. The molecular formula is C12H19FN4. The Hall–Kier alpha value is -1.23. The van der Waals surface area contributed by atoms with Gasteiger partial charge in [-0.15, -0.1) is 0 Å². The average Bonchev–Trinajstić information content (AvgIpc) is 2.34. The van der Waals surface area contributed by atoms with E-state index in [1.165, 1.54) is 6.33 Å². The topological polar surface area (TPSA) is 55.0 Å². The Bertz CT molecular complexity index is 396. The van der Waals surface area contributed by atoms with E-state index in [1.54, 1.807) is 6.92 Å². The first-order valence-electron chi connectivity index (χ1n) is 6.05. The zero-order valence-corrected chi connectivity index (χ0v) is 10.4. The number of hydrogen-bond acceptors (Lipinski definition) is 4. The summed E-state index contributed by atoms with van der Waals surface area (Å²) in [7, 11) is 0. The van der Waals surface area contributed by atoms with Crippen molar-refractivity contribution in [2.45, 2.75) is 20.3 Å². The predicted molar refractivity (Wildman–Crippen MR) is 65.3 cm³/mol. The van der Waals surface area contributed by atoms with Crippen molar-refractivity contribution in [3.8, 4) is 0 Å². The minimum absolute atomic E-state index is 0.308. The number of rotatable bonds is 2. The average molecular weight is 238 g/mol. The van der Waals surface area contributed by atoms with Crippen LogP contribution in [0.3, 0.4) is 0 Å². The van der Waals surface area contributed by atoms with Crippen molar-refractivity contribution >= 4 is 5.82 Å². The molecule has 2 heterocycles. The molecule has 1 aromatic rings. The molecule has 0 spiro atoms. The van der Waals surface area contributed by atoms with Crippen molar-refractivity contribution < 1.29 is 4.39 Å². The Balaban J connectivity index is 2.20. The number of nitrogens with two attached hydrogens (primary N) is 1. The van der Waals surface area contributed by atoms with Crippen LogP contribution in [0.25, 0.3) is 0 Å². The molecule has 4 nitrogen and oxygen atoms in total. The van der Waals surface area contributed by atoms with Gasteiger partial charge in [-0.05, 0) is 31.7 Å². The lowest BCUT2D eigenvalue weighted by Gasteiger charge is -2.37. The molecule has 0 aromatic carbocycles. The number of anilines is 1. The summed E-state index contributed by atoms with van der Waals surface area (Å²) in [5.74, 6) is 1.13. The van der Waals surface area contributed by atoms with Gasteiger partial charge < -0.3 is 10.6 Å². The normalized spacial score (nSPS) is 25.1. The highest BCUT2D eigenvalue weighted by atomic mass is 19.1. The Morgan fingerprint density at radius 3 is 3.00 bits per heavy atom. The first-order chi connectivity index (χ1) is 8.13. The Kier molecular flexibility index (Phi) is 3.57. The van der Waals surface area contributed by atoms with Gasteiger partial charge in [0, 0.05) is 13.1 Å². The van der Waals surface area contributed by atoms with E-state index in [1.807, 2.05) is 4.90 Å². The largest absolute Gasteiger partial charge is 0.354 e. The number of nitrogens with zero attached hydrogens (tertiary/aromatic N) is 3. The van der Waals surface area contributed by atoms with Crippen LogP contribution in [-0.2, 0) is 0 Å². The molecule has 2 rings (SSSR count). The van der Waals surface area contributed by atoms with E-state index in [4.69, 9.17) is 5.73 Å². The van der Waals surface area contributed by atoms with Gasteiger partial charge >= 0.3 is 0 Å². The van der Waals surface area contributed by atoms with Crippen LogP contribution >= 0.6 is 0 Å². The van der Waals surface area contributed by atoms with E-state index in [0.29, 0.717) is 29.9 Å². The third kappa shape index (κ3) is 2.39. The molecule has 2 N–H and O–H groups in total. The molecule has 1 saturated heterocycles. The molecule has 2 atom stereocenters. The molecule has 1 aromatic heterocycles. The van der Waals surface area contributed by atoms with E-state index < -0.39 is 0 Å². The summed E-state index contributed by atoms with van der Waals surface area (Å²) < 4.78 is 13.9. The third-order valence-corrected chi connectivity index (χ3v) is 3.66. The molecule has 1 fully saturated rings. The van der Waals surface area contributed by atoms with Gasteiger partial charge in [0.25, 0.3) is 0 Å². The van der Waals surface area contributed by atoms with Crippen molar-refractivity contribution in [3.63, 3.8) is 0 Å². The van der Waals surface area contributed by atoms with E-state index in [2.05, 4.69) is 16.9 Å². The summed E-state index contributed by atoms with van der Waals surface area (Å²) in [6, 6.07) is 0. The summed E-state index contributed by atoms with van der Waals surface area (Å²) in [5, 5.41) is 0. The van der Waals surface area contributed by atoms with E-state index >= 15 is 0 Å². The second-order valence-corrected chi connectivity index (χ2v) is 4.80. The molecule has 2 unspecified atom stereocenters. The smallest absolute Gasteiger partial charge is 0.186 e. The van der Waals surface area contributed by atoms with Crippen LogP contribution in [0, 0.1) is 24.6 Å². The predicted octanol–water partition coefficient (Wildman–Crippen LogP) is 1.35. The van der Waals surface area contributed by atoms with Gasteiger partial charge in [0.2, 0.25) is 0 Å². The fourth-order valence-corrected chi connectivity index (χ4v) is 2.31. The number of hydrogen-bond donors (Lipinski definition) is 1. The fraction of sp³-hybridized carbons (Fsp3) is 0.667. The molecule has 1 aliphatic rings. The summed E-state index contributed by atoms with van der Waals surface area (Å²) >= 11 is 0. The second-order valence-electron chi connectivity index (χ2n) is 4.80. The van der Waals surface area contributed by atoms with Crippen molar-refractivity contribution in [2.75, 3.05) is 24.5 Å². The third-order valence-electron chi connectivity index (χ3n) is 3.66. The molecule has 0 saturated carbocycles. The molecule has 17 heavy (non-hydrogen) atoms. The lowest BCUT2D eigenvalue weighted by Crippen LogP contribution is -2.43. The highest BCUT2D eigenvalue weighted by molar-refractivity contribution is 5.41.